The van der Waals surface area contributed by atoms with E-state index in [0.29, 0.717) is 11.7 Å². The van der Waals surface area contributed by atoms with Crippen LogP contribution >= 0.6 is 0 Å². The van der Waals surface area contributed by atoms with Crippen LogP contribution in [0.2, 0.25) is 0 Å². The lowest BCUT2D eigenvalue weighted by Crippen LogP contribution is -2.19. The molecule has 1 aromatic heterocycles. The van der Waals surface area contributed by atoms with E-state index in [1.54, 1.807) is 12.1 Å². The lowest BCUT2D eigenvalue weighted by molar-refractivity contribution is -0.114. The molecule has 4 rings (SSSR count). The van der Waals surface area contributed by atoms with Gasteiger partial charge in [-0.15, -0.1) is 0 Å². The Morgan fingerprint density at radius 2 is 2.00 bits per heavy atom. The molecule has 26 heavy (non-hydrogen) atoms. The van der Waals surface area contributed by atoms with Crippen LogP contribution in [0.4, 0.5) is 10.2 Å². The third-order valence-corrected chi connectivity index (χ3v) is 5.49. The number of hydrogen-bond donors (Lipinski definition) is 1. The van der Waals surface area contributed by atoms with Crippen molar-refractivity contribution in [2.45, 2.75) is 58.3 Å². The number of amides is 1. The highest BCUT2D eigenvalue weighted by molar-refractivity contribution is 5.88. The molecule has 0 saturated heterocycles. The first-order chi connectivity index (χ1) is 12.6. The number of rotatable bonds is 3. The Kier molecular flexibility index (Phi) is 4.70. The van der Waals surface area contributed by atoms with E-state index in [1.165, 1.54) is 45.1 Å². The van der Waals surface area contributed by atoms with Crippen LogP contribution in [0.15, 0.2) is 18.2 Å². The van der Waals surface area contributed by atoms with E-state index in [1.807, 2.05) is 0 Å². The van der Waals surface area contributed by atoms with Gasteiger partial charge in [-0.25, -0.2) is 14.4 Å². The molecular formula is C21H24FN3O. The summed E-state index contributed by atoms with van der Waals surface area (Å²) in [5.74, 6) is 0.868. The predicted octanol–water partition coefficient (Wildman–Crippen LogP) is 4.46. The van der Waals surface area contributed by atoms with Gasteiger partial charge in [-0.1, -0.05) is 32.1 Å². The SMILES string of the molecule is CC(=O)Nc1nc2c(nc1CC1CCCCC1)-c1ccc(F)cc1CC2. The van der Waals surface area contributed by atoms with E-state index in [9.17, 15) is 9.18 Å². The number of halogens is 1. The molecule has 1 aromatic carbocycles. The van der Waals surface area contributed by atoms with Crippen LogP contribution in [0.25, 0.3) is 11.3 Å². The summed E-state index contributed by atoms with van der Waals surface area (Å²) in [6, 6.07) is 4.89. The molecule has 136 valence electrons. The van der Waals surface area contributed by atoms with Crippen molar-refractivity contribution >= 4 is 11.7 Å². The normalized spacial score (nSPS) is 16.7. The van der Waals surface area contributed by atoms with E-state index >= 15 is 0 Å². The van der Waals surface area contributed by atoms with Gasteiger partial charge in [-0.3, -0.25) is 4.79 Å². The van der Waals surface area contributed by atoms with Gasteiger partial charge in [0.2, 0.25) is 5.91 Å². The second kappa shape index (κ2) is 7.14. The molecule has 0 atom stereocenters. The molecule has 0 unspecified atom stereocenters. The number of nitrogens with zero attached hydrogens (tertiary/aromatic N) is 2. The molecule has 0 bridgehead atoms. The number of benzene rings is 1. The molecule has 0 aliphatic heterocycles. The lowest BCUT2D eigenvalue weighted by Gasteiger charge is -2.24. The van der Waals surface area contributed by atoms with Crippen LogP contribution in [0.5, 0.6) is 0 Å². The number of carbonyl (C=O) groups is 1. The Balaban J connectivity index is 1.75. The highest BCUT2D eigenvalue weighted by Crippen LogP contribution is 2.35. The first-order valence-corrected chi connectivity index (χ1v) is 9.56. The predicted molar refractivity (Wildman–Crippen MR) is 99.4 cm³/mol. The molecule has 0 spiro atoms. The van der Waals surface area contributed by atoms with Crippen molar-refractivity contribution in [3.05, 3.63) is 41.0 Å². The molecule has 5 heteroatoms. The maximum Gasteiger partial charge on any atom is 0.222 e. The van der Waals surface area contributed by atoms with Crippen molar-refractivity contribution in [3.63, 3.8) is 0 Å². The van der Waals surface area contributed by atoms with Crippen LogP contribution in [0.3, 0.4) is 0 Å². The summed E-state index contributed by atoms with van der Waals surface area (Å²) in [6.45, 7) is 1.50. The molecule has 0 radical (unpaired) electrons. The molecule has 1 saturated carbocycles. The molecule has 1 heterocycles. The number of nitrogens with one attached hydrogen (secondary N) is 1. The number of hydrogen-bond acceptors (Lipinski definition) is 3. The van der Waals surface area contributed by atoms with Gasteiger partial charge >= 0.3 is 0 Å². The van der Waals surface area contributed by atoms with Crippen LogP contribution in [-0.4, -0.2) is 15.9 Å². The third kappa shape index (κ3) is 3.48. The molecule has 1 fully saturated rings. The van der Waals surface area contributed by atoms with E-state index < -0.39 is 0 Å². The molecule has 1 amide bonds. The van der Waals surface area contributed by atoms with Crippen molar-refractivity contribution in [3.8, 4) is 11.3 Å². The monoisotopic (exact) mass is 353 g/mol. The summed E-state index contributed by atoms with van der Waals surface area (Å²) in [7, 11) is 0. The molecule has 2 aliphatic carbocycles. The summed E-state index contributed by atoms with van der Waals surface area (Å²) >= 11 is 0. The minimum atomic E-state index is -0.211. The van der Waals surface area contributed by atoms with E-state index in [4.69, 9.17) is 9.97 Å². The van der Waals surface area contributed by atoms with Gasteiger partial charge in [0.25, 0.3) is 0 Å². The van der Waals surface area contributed by atoms with Crippen LogP contribution in [0, 0.1) is 11.7 Å². The first-order valence-electron chi connectivity index (χ1n) is 9.56. The fraction of sp³-hybridized carbons (Fsp3) is 0.476. The van der Waals surface area contributed by atoms with Gasteiger partial charge in [0, 0.05) is 12.5 Å². The van der Waals surface area contributed by atoms with E-state index in [0.717, 1.165) is 47.5 Å². The largest absolute Gasteiger partial charge is 0.309 e. The van der Waals surface area contributed by atoms with Crippen molar-refractivity contribution < 1.29 is 9.18 Å². The summed E-state index contributed by atoms with van der Waals surface area (Å²) in [5, 5.41) is 2.87. The number of aromatic nitrogens is 2. The van der Waals surface area contributed by atoms with Crippen molar-refractivity contribution in [2.75, 3.05) is 5.32 Å². The van der Waals surface area contributed by atoms with Crippen molar-refractivity contribution in [2.24, 2.45) is 5.92 Å². The molecule has 1 N–H and O–H groups in total. The van der Waals surface area contributed by atoms with E-state index in [2.05, 4.69) is 5.32 Å². The number of carbonyl (C=O) groups excluding carboxylic acids is 1. The van der Waals surface area contributed by atoms with Gasteiger partial charge in [-0.05, 0) is 48.9 Å². The topological polar surface area (TPSA) is 54.9 Å². The second-order valence-electron chi connectivity index (χ2n) is 7.51. The lowest BCUT2D eigenvalue weighted by atomic mass is 9.85. The highest BCUT2D eigenvalue weighted by Gasteiger charge is 2.24. The number of anilines is 1. The Morgan fingerprint density at radius 3 is 2.77 bits per heavy atom. The quantitative estimate of drug-likeness (QED) is 0.886. The smallest absolute Gasteiger partial charge is 0.222 e. The minimum absolute atomic E-state index is 0.123. The summed E-state index contributed by atoms with van der Waals surface area (Å²) in [4.78, 5) is 21.3. The fourth-order valence-electron chi connectivity index (χ4n) is 4.22. The molecule has 2 aliphatic rings. The van der Waals surface area contributed by atoms with Gasteiger partial charge in [-0.2, -0.15) is 0 Å². The van der Waals surface area contributed by atoms with Crippen LogP contribution in [0.1, 0.15) is 56.0 Å². The third-order valence-electron chi connectivity index (χ3n) is 5.49. The maximum atomic E-state index is 13.6. The summed E-state index contributed by atoms with van der Waals surface area (Å²) < 4.78 is 13.6. The minimum Gasteiger partial charge on any atom is -0.309 e. The average Bonchev–Trinajstić information content (AvgIpc) is 2.62. The maximum absolute atomic E-state index is 13.6. The van der Waals surface area contributed by atoms with Crippen molar-refractivity contribution in [1.82, 2.24) is 9.97 Å². The van der Waals surface area contributed by atoms with Crippen LogP contribution in [-0.2, 0) is 24.1 Å². The number of fused-ring (bicyclic) bond motifs is 3. The first kappa shape index (κ1) is 17.1. The van der Waals surface area contributed by atoms with Gasteiger partial charge < -0.3 is 5.32 Å². The van der Waals surface area contributed by atoms with Gasteiger partial charge in [0.15, 0.2) is 5.82 Å². The molecule has 4 nitrogen and oxygen atoms in total. The van der Waals surface area contributed by atoms with Crippen molar-refractivity contribution in [1.29, 1.82) is 0 Å². The molecule has 2 aromatic rings. The Hall–Kier alpha value is -2.30. The van der Waals surface area contributed by atoms with Gasteiger partial charge in [0.1, 0.15) is 5.82 Å². The Morgan fingerprint density at radius 1 is 1.19 bits per heavy atom. The highest BCUT2D eigenvalue weighted by atomic mass is 19.1. The van der Waals surface area contributed by atoms with Crippen LogP contribution < -0.4 is 5.32 Å². The number of aryl methyl sites for hydroxylation is 2. The Bertz CT molecular complexity index is 843. The zero-order valence-corrected chi connectivity index (χ0v) is 15.1. The Labute approximate surface area is 153 Å². The average molecular weight is 353 g/mol. The summed E-state index contributed by atoms with van der Waals surface area (Å²) in [5.41, 5.74) is 4.57. The van der Waals surface area contributed by atoms with E-state index in [-0.39, 0.29) is 11.7 Å². The zero-order chi connectivity index (χ0) is 18.1. The second-order valence-corrected chi connectivity index (χ2v) is 7.51. The summed E-state index contributed by atoms with van der Waals surface area (Å²) in [6.07, 6.45) is 8.56. The fourth-order valence-corrected chi connectivity index (χ4v) is 4.22. The standard InChI is InChI=1S/C21H24FN3O/c1-13(26)23-21-19(11-14-5-3-2-4-6-14)24-20-17-9-8-16(22)12-15(17)7-10-18(20)25-21/h8-9,12,14H,2-7,10-11H2,1H3,(H,23,25,26). The van der Waals surface area contributed by atoms with Gasteiger partial charge in [0.05, 0.1) is 17.1 Å². The molecular weight excluding hydrogens is 329 g/mol. The zero-order valence-electron chi connectivity index (χ0n) is 15.1.